The van der Waals surface area contributed by atoms with Gasteiger partial charge < -0.3 is 5.73 Å². The standard InChI is InChI=1S/C16H18FNS/c1-11-6-12(2)8-13(7-11)16(18)10-19-15-5-3-4-14(17)9-15/h3-9,16H,10,18H2,1-2H3. The minimum Gasteiger partial charge on any atom is -0.323 e. The van der Waals surface area contributed by atoms with Crippen LogP contribution in [-0.4, -0.2) is 5.75 Å². The molecule has 0 fully saturated rings. The molecule has 0 bridgehead atoms. The Labute approximate surface area is 118 Å². The lowest BCUT2D eigenvalue weighted by atomic mass is 10.0. The number of benzene rings is 2. The van der Waals surface area contributed by atoms with Crippen LogP contribution in [0.3, 0.4) is 0 Å². The van der Waals surface area contributed by atoms with E-state index in [0.29, 0.717) is 0 Å². The van der Waals surface area contributed by atoms with Crippen molar-refractivity contribution in [3.63, 3.8) is 0 Å². The van der Waals surface area contributed by atoms with Gasteiger partial charge in [-0.15, -0.1) is 11.8 Å². The van der Waals surface area contributed by atoms with Crippen molar-refractivity contribution in [2.45, 2.75) is 24.8 Å². The Morgan fingerprint density at radius 3 is 2.42 bits per heavy atom. The molecular formula is C16H18FNS. The average Bonchev–Trinajstić information content (AvgIpc) is 2.35. The zero-order valence-electron chi connectivity index (χ0n) is 11.2. The number of nitrogens with two attached hydrogens (primary N) is 1. The topological polar surface area (TPSA) is 26.0 Å². The summed E-state index contributed by atoms with van der Waals surface area (Å²) in [4.78, 5) is 0.917. The van der Waals surface area contributed by atoms with E-state index in [2.05, 4.69) is 32.0 Å². The highest BCUT2D eigenvalue weighted by molar-refractivity contribution is 7.99. The van der Waals surface area contributed by atoms with Gasteiger partial charge in [-0.1, -0.05) is 35.4 Å². The molecule has 2 rings (SSSR count). The summed E-state index contributed by atoms with van der Waals surface area (Å²) in [6.45, 7) is 4.14. The Morgan fingerprint density at radius 2 is 1.79 bits per heavy atom. The van der Waals surface area contributed by atoms with Gasteiger partial charge in [0.2, 0.25) is 0 Å². The minimum atomic E-state index is -0.204. The fourth-order valence-electron chi connectivity index (χ4n) is 2.06. The lowest BCUT2D eigenvalue weighted by molar-refractivity contribution is 0.624. The maximum Gasteiger partial charge on any atom is 0.124 e. The number of halogens is 1. The van der Waals surface area contributed by atoms with Crippen molar-refractivity contribution in [3.8, 4) is 0 Å². The van der Waals surface area contributed by atoms with E-state index in [1.54, 1.807) is 23.9 Å². The van der Waals surface area contributed by atoms with Gasteiger partial charge in [-0.05, 0) is 37.6 Å². The third-order valence-corrected chi connectivity index (χ3v) is 4.01. The molecule has 0 heterocycles. The first-order valence-electron chi connectivity index (χ1n) is 6.27. The first kappa shape index (κ1) is 14.1. The van der Waals surface area contributed by atoms with Gasteiger partial charge >= 0.3 is 0 Å². The third-order valence-electron chi connectivity index (χ3n) is 2.90. The smallest absolute Gasteiger partial charge is 0.124 e. The molecular weight excluding hydrogens is 257 g/mol. The van der Waals surface area contributed by atoms with Crippen molar-refractivity contribution in [2.75, 3.05) is 5.75 Å². The lowest BCUT2D eigenvalue weighted by Gasteiger charge is -2.13. The van der Waals surface area contributed by atoms with Crippen LogP contribution in [0.2, 0.25) is 0 Å². The molecule has 0 saturated carbocycles. The molecule has 0 amide bonds. The second kappa shape index (κ2) is 6.22. The summed E-state index contributed by atoms with van der Waals surface area (Å²) in [5, 5.41) is 0. The van der Waals surface area contributed by atoms with Crippen LogP contribution in [0, 0.1) is 19.7 Å². The zero-order chi connectivity index (χ0) is 13.8. The predicted octanol–water partition coefficient (Wildman–Crippen LogP) is 4.23. The number of hydrogen-bond acceptors (Lipinski definition) is 2. The first-order chi connectivity index (χ1) is 9.04. The van der Waals surface area contributed by atoms with E-state index in [-0.39, 0.29) is 11.9 Å². The van der Waals surface area contributed by atoms with E-state index in [0.717, 1.165) is 16.2 Å². The van der Waals surface area contributed by atoms with Crippen LogP contribution >= 0.6 is 11.8 Å². The van der Waals surface area contributed by atoms with E-state index < -0.39 is 0 Å². The van der Waals surface area contributed by atoms with Gasteiger partial charge in [-0.25, -0.2) is 4.39 Å². The van der Waals surface area contributed by atoms with Gasteiger partial charge in [0.15, 0.2) is 0 Å². The number of thioether (sulfide) groups is 1. The van der Waals surface area contributed by atoms with Gasteiger partial charge in [0.05, 0.1) is 0 Å². The van der Waals surface area contributed by atoms with Crippen molar-refractivity contribution in [3.05, 3.63) is 65.0 Å². The molecule has 0 aromatic heterocycles. The molecule has 0 radical (unpaired) electrons. The van der Waals surface area contributed by atoms with Crippen molar-refractivity contribution in [2.24, 2.45) is 5.73 Å². The Balaban J connectivity index is 2.03. The normalized spacial score (nSPS) is 12.4. The van der Waals surface area contributed by atoms with Crippen LogP contribution in [0.25, 0.3) is 0 Å². The molecule has 0 aliphatic rings. The van der Waals surface area contributed by atoms with E-state index in [9.17, 15) is 4.39 Å². The second-order valence-corrected chi connectivity index (χ2v) is 5.89. The Morgan fingerprint density at radius 1 is 1.11 bits per heavy atom. The third kappa shape index (κ3) is 4.08. The average molecular weight is 275 g/mol. The molecule has 2 N–H and O–H groups in total. The number of aryl methyl sites for hydroxylation is 2. The van der Waals surface area contributed by atoms with E-state index >= 15 is 0 Å². The second-order valence-electron chi connectivity index (χ2n) is 4.80. The van der Waals surface area contributed by atoms with E-state index in [1.165, 1.54) is 17.2 Å². The number of rotatable bonds is 4. The van der Waals surface area contributed by atoms with Gasteiger partial charge in [0, 0.05) is 16.7 Å². The summed E-state index contributed by atoms with van der Waals surface area (Å²) in [5.41, 5.74) is 9.79. The largest absolute Gasteiger partial charge is 0.323 e. The molecule has 100 valence electrons. The lowest BCUT2D eigenvalue weighted by Crippen LogP contribution is -2.13. The zero-order valence-corrected chi connectivity index (χ0v) is 12.0. The van der Waals surface area contributed by atoms with Crippen LogP contribution in [0.4, 0.5) is 4.39 Å². The van der Waals surface area contributed by atoms with Gasteiger partial charge in [0.25, 0.3) is 0 Å². The quantitative estimate of drug-likeness (QED) is 0.845. The first-order valence-corrected chi connectivity index (χ1v) is 7.25. The van der Waals surface area contributed by atoms with Crippen molar-refractivity contribution >= 4 is 11.8 Å². The van der Waals surface area contributed by atoms with Crippen LogP contribution in [0.15, 0.2) is 47.4 Å². The minimum absolute atomic E-state index is 0.0353. The maximum absolute atomic E-state index is 13.1. The summed E-state index contributed by atoms with van der Waals surface area (Å²) < 4.78 is 13.1. The van der Waals surface area contributed by atoms with Gasteiger partial charge in [-0.2, -0.15) is 0 Å². The molecule has 1 atom stereocenters. The Bertz CT molecular complexity index is 548. The molecule has 1 unspecified atom stereocenters. The maximum atomic E-state index is 13.1. The summed E-state index contributed by atoms with van der Waals surface area (Å²) >= 11 is 1.58. The van der Waals surface area contributed by atoms with Crippen molar-refractivity contribution < 1.29 is 4.39 Å². The van der Waals surface area contributed by atoms with Crippen LogP contribution in [0.5, 0.6) is 0 Å². The summed E-state index contributed by atoms with van der Waals surface area (Å²) in [5.74, 6) is 0.539. The molecule has 1 nitrogen and oxygen atoms in total. The van der Waals surface area contributed by atoms with Crippen LogP contribution in [0.1, 0.15) is 22.7 Å². The fourth-order valence-corrected chi connectivity index (χ4v) is 3.00. The SMILES string of the molecule is Cc1cc(C)cc(C(N)CSc2cccc(F)c2)c1. The highest BCUT2D eigenvalue weighted by Gasteiger charge is 2.08. The molecule has 2 aromatic rings. The molecule has 0 aliphatic heterocycles. The number of hydrogen-bond donors (Lipinski definition) is 1. The van der Waals surface area contributed by atoms with Crippen LogP contribution in [-0.2, 0) is 0 Å². The van der Waals surface area contributed by atoms with E-state index in [4.69, 9.17) is 5.73 Å². The fraction of sp³-hybridized carbons (Fsp3) is 0.250. The summed E-state index contributed by atoms with van der Waals surface area (Å²) in [6.07, 6.45) is 0. The monoisotopic (exact) mass is 275 g/mol. The highest BCUT2D eigenvalue weighted by Crippen LogP contribution is 2.25. The van der Waals surface area contributed by atoms with Crippen molar-refractivity contribution in [1.82, 2.24) is 0 Å². The van der Waals surface area contributed by atoms with Crippen LogP contribution < -0.4 is 5.73 Å². The Kier molecular flexibility index (Phi) is 4.61. The van der Waals surface area contributed by atoms with E-state index in [1.807, 2.05) is 6.07 Å². The molecule has 19 heavy (non-hydrogen) atoms. The summed E-state index contributed by atoms with van der Waals surface area (Å²) in [6, 6.07) is 12.9. The molecule has 2 aromatic carbocycles. The van der Waals surface area contributed by atoms with Crippen molar-refractivity contribution in [1.29, 1.82) is 0 Å². The van der Waals surface area contributed by atoms with Gasteiger partial charge in [0.1, 0.15) is 5.82 Å². The molecule has 0 saturated heterocycles. The van der Waals surface area contributed by atoms with Gasteiger partial charge in [-0.3, -0.25) is 0 Å². The molecule has 0 aliphatic carbocycles. The molecule has 3 heteroatoms. The predicted molar refractivity (Wildman–Crippen MR) is 80.0 cm³/mol. The molecule has 0 spiro atoms. The Hall–Kier alpha value is -1.32. The summed E-state index contributed by atoms with van der Waals surface area (Å²) in [7, 11) is 0. The highest BCUT2D eigenvalue weighted by atomic mass is 32.2.